The highest BCUT2D eigenvalue weighted by atomic mass is 32.2. The van der Waals surface area contributed by atoms with Crippen molar-refractivity contribution >= 4 is 44.8 Å². The number of carboxylic acid groups (broad SMARTS) is 2. The molecule has 0 saturated carbocycles. The van der Waals surface area contributed by atoms with Crippen LogP contribution < -0.4 is 0 Å². The van der Waals surface area contributed by atoms with E-state index in [4.69, 9.17) is 10.2 Å². The highest BCUT2D eigenvalue weighted by Crippen LogP contribution is 2.33. The molecule has 40 heavy (non-hydrogen) atoms. The van der Waals surface area contributed by atoms with Gasteiger partial charge in [-0.2, -0.15) is 28.9 Å². The van der Waals surface area contributed by atoms with Crippen LogP contribution in [0.2, 0.25) is 0 Å². The molecule has 13 nitrogen and oxygen atoms in total. The van der Waals surface area contributed by atoms with Crippen LogP contribution in [0, 0.1) is 0 Å². The molecule has 14 heteroatoms. The van der Waals surface area contributed by atoms with Crippen molar-refractivity contribution in [2.24, 2.45) is 20.5 Å². The molecule has 0 amide bonds. The maximum Gasteiger partial charge on any atom is 0.339 e. The van der Waals surface area contributed by atoms with Crippen molar-refractivity contribution in [2.45, 2.75) is 4.90 Å². The molecular weight excluding hydrogens is 544 g/mol. The van der Waals surface area contributed by atoms with Gasteiger partial charge < -0.3 is 20.4 Å². The Morgan fingerprint density at radius 1 is 0.575 bits per heavy atom. The number of aromatic carboxylic acids is 2. The van der Waals surface area contributed by atoms with Gasteiger partial charge in [-0.05, 0) is 66.2 Å². The predicted molar refractivity (Wildman–Crippen MR) is 140 cm³/mol. The molecule has 0 atom stereocenters. The summed E-state index contributed by atoms with van der Waals surface area (Å²) < 4.78 is 34.1. The van der Waals surface area contributed by atoms with Gasteiger partial charge in [0.2, 0.25) is 0 Å². The van der Waals surface area contributed by atoms with Crippen LogP contribution in [-0.4, -0.2) is 45.3 Å². The average molecular weight is 563 g/mol. The number of azo groups is 2. The molecule has 4 rings (SSSR count). The monoisotopic (exact) mass is 562 g/mol. The van der Waals surface area contributed by atoms with Gasteiger partial charge in [-0.25, -0.2) is 9.59 Å². The lowest BCUT2D eigenvalue weighted by Gasteiger charge is -2.08. The number of hydrogen-bond donors (Lipinski definition) is 5. The van der Waals surface area contributed by atoms with E-state index in [1.165, 1.54) is 54.6 Å². The number of aromatic hydroxyl groups is 2. The van der Waals surface area contributed by atoms with E-state index in [9.17, 15) is 32.8 Å². The number of rotatable bonds is 8. The fourth-order valence-electron chi connectivity index (χ4n) is 3.48. The van der Waals surface area contributed by atoms with Crippen LogP contribution in [0.25, 0.3) is 11.1 Å². The van der Waals surface area contributed by atoms with Crippen LogP contribution in [0.1, 0.15) is 20.7 Å². The second-order valence-corrected chi connectivity index (χ2v) is 9.51. The molecule has 5 N–H and O–H groups in total. The highest BCUT2D eigenvalue weighted by Gasteiger charge is 2.18. The Kier molecular flexibility index (Phi) is 7.65. The zero-order valence-electron chi connectivity index (χ0n) is 20.1. The molecule has 202 valence electrons. The van der Waals surface area contributed by atoms with Crippen molar-refractivity contribution in [3.8, 4) is 22.6 Å². The Labute approximate surface area is 225 Å². The van der Waals surface area contributed by atoms with Crippen LogP contribution in [0.5, 0.6) is 11.5 Å². The fourth-order valence-corrected chi connectivity index (χ4v) is 4.21. The minimum Gasteiger partial charge on any atom is -0.507 e. The van der Waals surface area contributed by atoms with E-state index in [0.29, 0.717) is 11.3 Å². The third kappa shape index (κ3) is 6.32. The molecule has 4 aromatic rings. The van der Waals surface area contributed by atoms with Gasteiger partial charge in [-0.3, -0.25) is 4.55 Å². The lowest BCUT2D eigenvalue weighted by atomic mass is 10.0. The Morgan fingerprint density at radius 3 is 1.43 bits per heavy atom. The van der Waals surface area contributed by atoms with Gasteiger partial charge in [0.05, 0.1) is 22.7 Å². The summed E-state index contributed by atoms with van der Waals surface area (Å²) in [4.78, 5) is 21.9. The third-order valence-corrected chi connectivity index (χ3v) is 6.30. The summed E-state index contributed by atoms with van der Waals surface area (Å²) in [5.74, 6) is -3.56. The molecular formula is C26H18N4O9S. The first-order valence-corrected chi connectivity index (χ1v) is 12.5. The van der Waals surface area contributed by atoms with Gasteiger partial charge in [0.25, 0.3) is 10.1 Å². The van der Waals surface area contributed by atoms with E-state index in [1.54, 1.807) is 0 Å². The van der Waals surface area contributed by atoms with E-state index in [2.05, 4.69) is 20.5 Å². The summed E-state index contributed by atoms with van der Waals surface area (Å²) in [6.07, 6.45) is 0. The lowest BCUT2D eigenvalue weighted by molar-refractivity contribution is 0.0682. The summed E-state index contributed by atoms with van der Waals surface area (Å²) in [6, 6.07) is 17.3. The quantitative estimate of drug-likeness (QED) is 0.121. The van der Waals surface area contributed by atoms with E-state index in [0.717, 1.165) is 24.3 Å². The third-order valence-electron chi connectivity index (χ3n) is 5.40. The van der Waals surface area contributed by atoms with Crippen molar-refractivity contribution in [3.05, 3.63) is 90.0 Å². The SMILES string of the molecule is O=C(O)c1cc(N=Nc2ccc(-c3ccc(N=Nc4ccc(O)c(C(=O)O)c4)cc3S(=O)(=O)O)cc2)ccc1O. The first kappa shape index (κ1) is 27.6. The van der Waals surface area contributed by atoms with Crippen molar-refractivity contribution in [1.82, 2.24) is 0 Å². The van der Waals surface area contributed by atoms with Crippen molar-refractivity contribution in [2.75, 3.05) is 0 Å². The number of nitrogens with zero attached hydrogens (tertiary/aromatic N) is 4. The largest absolute Gasteiger partial charge is 0.507 e. The predicted octanol–water partition coefficient (Wildman–Crippen LogP) is 6.24. The Bertz CT molecular complexity index is 1800. The van der Waals surface area contributed by atoms with Crippen LogP contribution >= 0.6 is 0 Å². The number of carboxylic acids is 2. The molecule has 0 aromatic heterocycles. The lowest BCUT2D eigenvalue weighted by Crippen LogP contribution is -2.00. The highest BCUT2D eigenvalue weighted by molar-refractivity contribution is 7.86. The van der Waals surface area contributed by atoms with Gasteiger partial charge in [0.15, 0.2) is 0 Å². The van der Waals surface area contributed by atoms with E-state index in [1.807, 2.05) is 0 Å². The second-order valence-electron chi connectivity index (χ2n) is 8.12. The number of carbonyl (C=O) groups is 2. The van der Waals surface area contributed by atoms with Gasteiger partial charge in [-0.15, -0.1) is 0 Å². The molecule has 0 unspecified atom stereocenters. The molecule has 0 saturated heterocycles. The molecule has 0 aliphatic heterocycles. The van der Waals surface area contributed by atoms with Gasteiger partial charge in [0, 0.05) is 5.56 Å². The van der Waals surface area contributed by atoms with Crippen molar-refractivity contribution < 1.29 is 43.0 Å². The summed E-state index contributed by atoms with van der Waals surface area (Å²) in [6.45, 7) is 0. The van der Waals surface area contributed by atoms with Gasteiger partial charge in [-0.1, -0.05) is 18.2 Å². The molecule has 0 heterocycles. The molecule has 0 aliphatic rings. The second kappa shape index (κ2) is 11.1. The minimum atomic E-state index is -4.70. The Morgan fingerprint density at radius 2 is 0.975 bits per heavy atom. The number of phenols is 2. The maximum absolute atomic E-state index is 12.1. The summed E-state index contributed by atoms with van der Waals surface area (Å²) in [5, 5.41) is 53.1. The van der Waals surface area contributed by atoms with Crippen molar-refractivity contribution in [3.63, 3.8) is 0 Å². The molecule has 4 aromatic carbocycles. The topological polar surface area (TPSA) is 219 Å². The Hall–Kier alpha value is -5.47. The zero-order valence-corrected chi connectivity index (χ0v) is 20.9. The smallest absolute Gasteiger partial charge is 0.339 e. The summed E-state index contributed by atoms with van der Waals surface area (Å²) >= 11 is 0. The standard InChI is InChI=1S/C26H18N4O9S/c31-22-9-6-16(11-20(22)25(33)34)28-27-15-3-1-14(2-4-15)19-8-5-18(13-24(19)40(37,38)39)30-29-17-7-10-23(32)21(12-17)26(35)36/h1-13,31-32H,(H,33,34)(H,35,36)(H,37,38,39). The maximum atomic E-state index is 12.1. The van der Waals surface area contributed by atoms with Crippen LogP contribution in [0.3, 0.4) is 0 Å². The number of hydrogen-bond acceptors (Lipinski definition) is 10. The fraction of sp³-hybridized carbons (Fsp3) is 0. The summed E-state index contributed by atoms with van der Waals surface area (Å²) in [5.41, 5.74) is 0.489. The van der Waals surface area contributed by atoms with Gasteiger partial charge in [0.1, 0.15) is 27.5 Å². The molecule has 0 spiro atoms. The van der Waals surface area contributed by atoms with E-state index >= 15 is 0 Å². The van der Waals surface area contributed by atoms with E-state index in [-0.39, 0.29) is 33.8 Å². The Balaban J connectivity index is 1.60. The molecule has 0 radical (unpaired) electrons. The number of benzene rings is 4. The van der Waals surface area contributed by atoms with E-state index < -0.39 is 38.5 Å². The van der Waals surface area contributed by atoms with Crippen molar-refractivity contribution in [1.29, 1.82) is 0 Å². The van der Waals surface area contributed by atoms with Crippen LogP contribution in [0.4, 0.5) is 22.7 Å². The minimum absolute atomic E-state index is 0.0429. The first-order chi connectivity index (χ1) is 18.9. The van der Waals surface area contributed by atoms with Crippen LogP contribution in [-0.2, 0) is 10.1 Å². The van der Waals surface area contributed by atoms with Crippen LogP contribution in [0.15, 0.2) is 104 Å². The molecule has 0 bridgehead atoms. The first-order valence-electron chi connectivity index (χ1n) is 11.1. The average Bonchev–Trinajstić information content (AvgIpc) is 2.91. The molecule has 0 fully saturated rings. The molecule has 0 aliphatic carbocycles. The zero-order chi connectivity index (χ0) is 29.0. The normalized spacial score (nSPS) is 11.7. The summed E-state index contributed by atoms with van der Waals surface area (Å²) in [7, 11) is -4.70. The van der Waals surface area contributed by atoms with Gasteiger partial charge >= 0.3 is 11.9 Å².